The van der Waals surface area contributed by atoms with E-state index in [9.17, 15) is 4.79 Å². The fraction of sp³-hybridized carbons (Fsp3) is 0.385. The molecule has 2 aromatic heterocycles. The third-order valence-electron chi connectivity index (χ3n) is 3.62. The van der Waals surface area contributed by atoms with E-state index in [0.29, 0.717) is 0 Å². The Morgan fingerprint density at radius 3 is 2.94 bits per heavy atom. The van der Waals surface area contributed by atoms with Gasteiger partial charge >= 0.3 is 0 Å². The average molecular weight is 308 g/mol. The van der Waals surface area contributed by atoms with Crippen LogP contribution in [0.4, 0.5) is 0 Å². The van der Waals surface area contributed by atoms with E-state index in [0.717, 1.165) is 46.4 Å². The van der Waals surface area contributed by atoms with Crippen molar-refractivity contribution in [2.45, 2.75) is 13.3 Å². The summed E-state index contributed by atoms with van der Waals surface area (Å²) < 4.78 is 2.84. The first-order valence-electron chi connectivity index (χ1n) is 6.06. The third-order valence-corrected chi connectivity index (χ3v) is 4.06. The van der Waals surface area contributed by atoms with E-state index in [1.165, 1.54) is 0 Å². The molecule has 1 amide bonds. The Hall–Kier alpha value is -1.36. The van der Waals surface area contributed by atoms with E-state index < -0.39 is 0 Å². The van der Waals surface area contributed by atoms with Gasteiger partial charge in [-0.05, 0) is 35.0 Å². The minimum Gasteiger partial charge on any atom is -0.338 e. The molecule has 0 unspecified atom stereocenters. The van der Waals surface area contributed by atoms with Gasteiger partial charge in [0.2, 0.25) is 0 Å². The molecular formula is C13H14BrN3O. The summed E-state index contributed by atoms with van der Waals surface area (Å²) in [5, 5.41) is 0.957. The number of likely N-dealkylation sites (N-methyl/N-ethyl adjacent to an activating group) is 1. The highest BCUT2D eigenvalue weighted by Gasteiger charge is 2.29. The molecule has 0 radical (unpaired) electrons. The highest BCUT2D eigenvalue weighted by molar-refractivity contribution is 9.10. The number of aromatic nitrogens is 2. The van der Waals surface area contributed by atoms with Crippen molar-refractivity contribution in [3.8, 4) is 0 Å². The summed E-state index contributed by atoms with van der Waals surface area (Å²) in [6, 6.07) is 3.86. The lowest BCUT2D eigenvalue weighted by Crippen LogP contribution is -2.37. The van der Waals surface area contributed by atoms with Crippen molar-refractivity contribution in [1.29, 1.82) is 0 Å². The van der Waals surface area contributed by atoms with Gasteiger partial charge in [-0.3, -0.25) is 4.79 Å². The molecule has 0 aliphatic carbocycles. The molecule has 2 aromatic rings. The Labute approximate surface area is 114 Å². The summed E-state index contributed by atoms with van der Waals surface area (Å²) in [7, 11) is 1.98. The average Bonchev–Trinajstić information content (AvgIpc) is 2.64. The van der Waals surface area contributed by atoms with Crippen LogP contribution in [-0.4, -0.2) is 33.4 Å². The van der Waals surface area contributed by atoms with E-state index in [2.05, 4.69) is 20.9 Å². The predicted octanol–water partition coefficient (Wildman–Crippen LogP) is 2.35. The van der Waals surface area contributed by atoms with Gasteiger partial charge in [-0.1, -0.05) is 0 Å². The second kappa shape index (κ2) is 4.09. The van der Waals surface area contributed by atoms with Crippen LogP contribution in [0.15, 0.2) is 16.7 Å². The Bertz CT molecular complexity index is 647. The monoisotopic (exact) mass is 307 g/mol. The number of hydrogen-bond donors (Lipinski definition) is 0. The number of rotatable bonds is 1. The lowest BCUT2D eigenvalue weighted by atomic mass is 10.0. The molecule has 3 heterocycles. The molecule has 1 aliphatic heterocycles. The van der Waals surface area contributed by atoms with E-state index in [-0.39, 0.29) is 5.91 Å². The summed E-state index contributed by atoms with van der Waals surface area (Å²) in [6.45, 7) is 3.58. The zero-order valence-corrected chi connectivity index (χ0v) is 12.0. The van der Waals surface area contributed by atoms with Crippen LogP contribution in [0.5, 0.6) is 0 Å². The summed E-state index contributed by atoms with van der Waals surface area (Å²) in [4.78, 5) is 18.8. The molecule has 0 saturated heterocycles. The highest BCUT2D eigenvalue weighted by atomic mass is 79.9. The fourth-order valence-electron chi connectivity index (χ4n) is 2.66. The molecule has 0 saturated carbocycles. The topological polar surface area (TPSA) is 38.1 Å². The normalized spacial score (nSPS) is 15.3. The molecular weight excluding hydrogens is 294 g/mol. The second-order valence-corrected chi connectivity index (χ2v) is 5.33. The van der Waals surface area contributed by atoms with Crippen molar-refractivity contribution < 1.29 is 4.79 Å². The quantitative estimate of drug-likeness (QED) is 0.759. The van der Waals surface area contributed by atoms with Crippen LogP contribution >= 0.6 is 15.9 Å². The first kappa shape index (κ1) is 11.7. The van der Waals surface area contributed by atoms with E-state index in [1.54, 1.807) is 0 Å². The van der Waals surface area contributed by atoms with Gasteiger partial charge in [0, 0.05) is 37.6 Å². The van der Waals surface area contributed by atoms with Crippen LogP contribution < -0.4 is 0 Å². The number of halogens is 1. The number of fused-ring (bicyclic) bond motifs is 3. The van der Waals surface area contributed by atoms with Crippen molar-refractivity contribution >= 4 is 32.9 Å². The minimum absolute atomic E-state index is 0.133. The maximum Gasteiger partial charge on any atom is 0.256 e. The van der Waals surface area contributed by atoms with Crippen molar-refractivity contribution in [2.75, 3.05) is 13.1 Å². The minimum atomic E-state index is 0.133. The van der Waals surface area contributed by atoms with Gasteiger partial charge in [0.05, 0.1) is 5.56 Å². The maximum atomic E-state index is 12.4. The van der Waals surface area contributed by atoms with Crippen LogP contribution in [0.3, 0.4) is 0 Å². The SMILES string of the molecule is CCN1CCc2c(c3ccc(Br)nc3n2C)C1=O. The van der Waals surface area contributed by atoms with Gasteiger partial charge in [0.15, 0.2) is 0 Å². The zero-order chi connectivity index (χ0) is 12.9. The first-order valence-corrected chi connectivity index (χ1v) is 6.86. The van der Waals surface area contributed by atoms with Crippen LogP contribution in [0.2, 0.25) is 0 Å². The number of aryl methyl sites for hydroxylation is 1. The zero-order valence-electron chi connectivity index (χ0n) is 10.4. The van der Waals surface area contributed by atoms with Crippen molar-refractivity contribution in [3.05, 3.63) is 28.0 Å². The summed E-state index contributed by atoms with van der Waals surface area (Å²) in [5.74, 6) is 0.133. The van der Waals surface area contributed by atoms with Crippen molar-refractivity contribution in [2.24, 2.45) is 7.05 Å². The lowest BCUT2D eigenvalue weighted by Gasteiger charge is -2.26. The highest BCUT2D eigenvalue weighted by Crippen LogP contribution is 2.29. The molecule has 1 aliphatic rings. The van der Waals surface area contributed by atoms with Gasteiger partial charge in [-0.15, -0.1) is 0 Å². The smallest absolute Gasteiger partial charge is 0.256 e. The number of hydrogen-bond acceptors (Lipinski definition) is 2. The molecule has 0 aromatic carbocycles. The van der Waals surface area contributed by atoms with Gasteiger partial charge in [0.1, 0.15) is 10.3 Å². The molecule has 94 valence electrons. The number of amides is 1. The first-order chi connectivity index (χ1) is 8.63. The molecule has 0 N–H and O–H groups in total. The number of pyridine rings is 1. The lowest BCUT2D eigenvalue weighted by molar-refractivity contribution is 0.0749. The van der Waals surface area contributed by atoms with E-state index in [1.807, 2.05) is 35.6 Å². The number of carbonyl (C=O) groups excluding carboxylic acids is 1. The summed E-state index contributed by atoms with van der Waals surface area (Å²) in [5.41, 5.74) is 2.81. The Morgan fingerprint density at radius 1 is 1.44 bits per heavy atom. The Kier molecular flexibility index (Phi) is 2.66. The molecule has 0 atom stereocenters. The Morgan fingerprint density at radius 2 is 2.22 bits per heavy atom. The second-order valence-electron chi connectivity index (χ2n) is 4.52. The molecule has 0 fully saturated rings. The molecule has 4 nitrogen and oxygen atoms in total. The third kappa shape index (κ3) is 1.50. The summed E-state index contributed by atoms with van der Waals surface area (Å²) >= 11 is 3.38. The van der Waals surface area contributed by atoms with Crippen LogP contribution in [0.25, 0.3) is 11.0 Å². The maximum absolute atomic E-state index is 12.4. The van der Waals surface area contributed by atoms with E-state index in [4.69, 9.17) is 0 Å². The van der Waals surface area contributed by atoms with E-state index >= 15 is 0 Å². The number of nitrogens with zero attached hydrogens (tertiary/aromatic N) is 3. The molecule has 0 spiro atoms. The van der Waals surface area contributed by atoms with Crippen molar-refractivity contribution in [3.63, 3.8) is 0 Å². The van der Waals surface area contributed by atoms with Crippen molar-refractivity contribution in [1.82, 2.24) is 14.5 Å². The molecule has 0 bridgehead atoms. The fourth-order valence-corrected chi connectivity index (χ4v) is 2.96. The standard InChI is InChI=1S/C13H14BrN3O/c1-3-17-7-6-9-11(13(17)18)8-4-5-10(14)15-12(8)16(9)2/h4-5H,3,6-7H2,1-2H3. The van der Waals surface area contributed by atoms with Gasteiger partial charge < -0.3 is 9.47 Å². The van der Waals surface area contributed by atoms with Gasteiger partial charge in [0.25, 0.3) is 5.91 Å². The molecule has 5 heteroatoms. The van der Waals surface area contributed by atoms with Gasteiger partial charge in [-0.2, -0.15) is 0 Å². The van der Waals surface area contributed by atoms with Crippen LogP contribution in [-0.2, 0) is 13.5 Å². The molecule has 18 heavy (non-hydrogen) atoms. The predicted molar refractivity (Wildman–Crippen MR) is 73.7 cm³/mol. The molecule has 3 rings (SSSR count). The summed E-state index contributed by atoms with van der Waals surface area (Å²) in [6.07, 6.45) is 0.902. The largest absolute Gasteiger partial charge is 0.338 e. The van der Waals surface area contributed by atoms with Gasteiger partial charge in [-0.25, -0.2) is 4.98 Å². The van der Waals surface area contributed by atoms with Crippen LogP contribution in [0.1, 0.15) is 23.0 Å². The van der Waals surface area contributed by atoms with Crippen LogP contribution in [0, 0.1) is 0 Å². The number of carbonyl (C=O) groups is 1. The Balaban J connectivity index is 2.31.